The predicted octanol–water partition coefficient (Wildman–Crippen LogP) is 2.48. The van der Waals surface area contributed by atoms with E-state index in [9.17, 15) is 0 Å². The number of hydrogen-bond donors (Lipinski definition) is 1. The van der Waals surface area contributed by atoms with Gasteiger partial charge in [0.05, 0.1) is 5.60 Å². The third-order valence-electron chi connectivity index (χ3n) is 3.30. The van der Waals surface area contributed by atoms with Crippen molar-refractivity contribution in [3.63, 3.8) is 0 Å². The van der Waals surface area contributed by atoms with E-state index in [1.165, 1.54) is 25.7 Å². The van der Waals surface area contributed by atoms with Gasteiger partial charge in [0.2, 0.25) is 0 Å². The summed E-state index contributed by atoms with van der Waals surface area (Å²) in [7, 11) is 0. The zero-order chi connectivity index (χ0) is 9.19. The molecule has 2 nitrogen and oxygen atoms in total. The summed E-state index contributed by atoms with van der Waals surface area (Å²) in [5.74, 6) is 6.82. The minimum atomic E-state index is -0.125. The van der Waals surface area contributed by atoms with Crippen molar-refractivity contribution in [3.8, 4) is 0 Å². The standard InChI is InChI=1S/C10H21NO/c1-8-4-6-9(7-5-8)10(2,3)12-11/h8-9H,4-7,11H2,1-3H3. The van der Waals surface area contributed by atoms with Crippen LogP contribution in [-0.2, 0) is 4.84 Å². The van der Waals surface area contributed by atoms with Crippen LogP contribution in [0.5, 0.6) is 0 Å². The molecule has 2 N–H and O–H groups in total. The lowest BCUT2D eigenvalue weighted by molar-refractivity contribution is -0.0753. The van der Waals surface area contributed by atoms with Crippen LogP contribution in [0.15, 0.2) is 0 Å². The van der Waals surface area contributed by atoms with E-state index in [0.29, 0.717) is 5.92 Å². The van der Waals surface area contributed by atoms with E-state index in [1.807, 2.05) is 0 Å². The lowest BCUT2D eigenvalue weighted by Gasteiger charge is -2.36. The summed E-state index contributed by atoms with van der Waals surface area (Å²) in [5.41, 5.74) is -0.125. The Morgan fingerprint density at radius 3 is 2.08 bits per heavy atom. The highest BCUT2D eigenvalue weighted by Gasteiger charge is 2.32. The Hall–Kier alpha value is -0.0800. The van der Waals surface area contributed by atoms with Gasteiger partial charge in [-0.25, -0.2) is 5.90 Å². The van der Waals surface area contributed by atoms with Crippen molar-refractivity contribution in [3.05, 3.63) is 0 Å². The van der Waals surface area contributed by atoms with Gasteiger partial charge in [0.15, 0.2) is 0 Å². The molecule has 0 aromatic carbocycles. The fourth-order valence-electron chi connectivity index (χ4n) is 2.05. The highest BCUT2D eigenvalue weighted by molar-refractivity contribution is 4.82. The zero-order valence-electron chi connectivity index (χ0n) is 8.47. The van der Waals surface area contributed by atoms with Crippen molar-refractivity contribution in [1.29, 1.82) is 0 Å². The van der Waals surface area contributed by atoms with E-state index in [1.54, 1.807) is 0 Å². The van der Waals surface area contributed by atoms with Crippen LogP contribution in [-0.4, -0.2) is 5.60 Å². The summed E-state index contributed by atoms with van der Waals surface area (Å²) in [6, 6.07) is 0. The van der Waals surface area contributed by atoms with Crippen molar-refractivity contribution < 1.29 is 4.84 Å². The Labute approximate surface area is 75.4 Å². The molecule has 72 valence electrons. The van der Waals surface area contributed by atoms with Crippen LogP contribution in [0.3, 0.4) is 0 Å². The first-order chi connectivity index (χ1) is 5.56. The molecule has 1 aliphatic carbocycles. The third-order valence-corrected chi connectivity index (χ3v) is 3.30. The molecule has 0 aliphatic heterocycles. The highest BCUT2D eigenvalue weighted by atomic mass is 16.6. The molecule has 1 aliphatic rings. The van der Waals surface area contributed by atoms with Crippen molar-refractivity contribution >= 4 is 0 Å². The maximum Gasteiger partial charge on any atom is 0.0865 e. The van der Waals surface area contributed by atoms with Gasteiger partial charge in [-0.3, -0.25) is 4.84 Å². The lowest BCUT2D eigenvalue weighted by Crippen LogP contribution is -2.38. The minimum absolute atomic E-state index is 0.125. The highest BCUT2D eigenvalue weighted by Crippen LogP contribution is 2.36. The monoisotopic (exact) mass is 171 g/mol. The molecule has 1 rings (SSSR count). The van der Waals surface area contributed by atoms with Gasteiger partial charge >= 0.3 is 0 Å². The summed E-state index contributed by atoms with van der Waals surface area (Å²) in [6.45, 7) is 6.51. The number of hydrogen-bond acceptors (Lipinski definition) is 2. The summed E-state index contributed by atoms with van der Waals surface area (Å²) >= 11 is 0. The molecule has 0 aromatic heterocycles. The molecule has 0 radical (unpaired) electrons. The third kappa shape index (κ3) is 2.20. The second-order valence-corrected chi connectivity index (χ2v) is 4.68. The normalized spacial score (nSPS) is 32.0. The quantitative estimate of drug-likeness (QED) is 0.648. The molecule has 2 heteroatoms. The maximum absolute atomic E-state index is 5.27. The van der Waals surface area contributed by atoms with E-state index in [2.05, 4.69) is 20.8 Å². The summed E-state index contributed by atoms with van der Waals surface area (Å²) in [5, 5.41) is 0. The molecule has 1 saturated carbocycles. The van der Waals surface area contributed by atoms with Crippen LogP contribution in [0.1, 0.15) is 46.5 Å². The van der Waals surface area contributed by atoms with Crippen LogP contribution in [0.2, 0.25) is 0 Å². The average Bonchev–Trinajstić information content (AvgIpc) is 2.05. The fourth-order valence-corrected chi connectivity index (χ4v) is 2.05. The van der Waals surface area contributed by atoms with Crippen LogP contribution >= 0.6 is 0 Å². The second kappa shape index (κ2) is 3.75. The second-order valence-electron chi connectivity index (χ2n) is 4.68. The fraction of sp³-hybridized carbons (Fsp3) is 1.00. The van der Waals surface area contributed by atoms with Gasteiger partial charge in [-0.05, 0) is 38.5 Å². The van der Waals surface area contributed by atoms with Crippen molar-refractivity contribution in [2.24, 2.45) is 17.7 Å². The Bertz CT molecular complexity index is 137. The summed E-state index contributed by atoms with van der Waals surface area (Å²) in [4.78, 5) is 5.01. The Morgan fingerprint density at radius 2 is 1.67 bits per heavy atom. The first-order valence-corrected chi connectivity index (χ1v) is 4.94. The van der Waals surface area contributed by atoms with E-state index < -0.39 is 0 Å². The largest absolute Gasteiger partial charge is 0.298 e. The van der Waals surface area contributed by atoms with E-state index in [-0.39, 0.29) is 5.60 Å². The van der Waals surface area contributed by atoms with Gasteiger partial charge in [-0.2, -0.15) is 0 Å². The Morgan fingerprint density at radius 1 is 1.17 bits per heavy atom. The molecular formula is C10H21NO. The molecule has 1 fully saturated rings. The molecule has 0 atom stereocenters. The number of rotatable bonds is 2. The molecular weight excluding hydrogens is 150 g/mol. The van der Waals surface area contributed by atoms with Crippen LogP contribution in [0.4, 0.5) is 0 Å². The minimum Gasteiger partial charge on any atom is -0.298 e. The molecule has 0 bridgehead atoms. The van der Waals surface area contributed by atoms with Gasteiger partial charge in [0.1, 0.15) is 0 Å². The molecule has 0 spiro atoms. The lowest BCUT2D eigenvalue weighted by atomic mass is 9.75. The van der Waals surface area contributed by atoms with Gasteiger partial charge < -0.3 is 0 Å². The molecule has 0 heterocycles. The molecule has 0 unspecified atom stereocenters. The molecule has 0 saturated heterocycles. The Kier molecular flexibility index (Phi) is 3.13. The summed E-state index contributed by atoms with van der Waals surface area (Å²) < 4.78 is 0. The number of nitrogens with two attached hydrogens (primary N) is 1. The summed E-state index contributed by atoms with van der Waals surface area (Å²) in [6.07, 6.45) is 5.20. The molecule has 0 aromatic rings. The first-order valence-electron chi connectivity index (χ1n) is 4.94. The van der Waals surface area contributed by atoms with Gasteiger partial charge in [0, 0.05) is 0 Å². The first kappa shape index (κ1) is 10.0. The van der Waals surface area contributed by atoms with Gasteiger partial charge in [0.25, 0.3) is 0 Å². The average molecular weight is 171 g/mol. The maximum atomic E-state index is 5.27. The van der Waals surface area contributed by atoms with Crippen LogP contribution in [0, 0.1) is 11.8 Å². The van der Waals surface area contributed by atoms with Crippen molar-refractivity contribution in [2.75, 3.05) is 0 Å². The topological polar surface area (TPSA) is 35.2 Å². The zero-order valence-corrected chi connectivity index (χ0v) is 8.47. The molecule has 12 heavy (non-hydrogen) atoms. The van der Waals surface area contributed by atoms with E-state index in [4.69, 9.17) is 10.7 Å². The predicted molar refractivity (Wildman–Crippen MR) is 50.5 cm³/mol. The smallest absolute Gasteiger partial charge is 0.0865 e. The van der Waals surface area contributed by atoms with Crippen LogP contribution in [0.25, 0.3) is 0 Å². The van der Waals surface area contributed by atoms with Gasteiger partial charge in [-0.15, -0.1) is 0 Å². The van der Waals surface area contributed by atoms with E-state index >= 15 is 0 Å². The van der Waals surface area contributed by atoms with Crippen molar-refractivity contribution in [2.45, 2.75) is 52.1 Å². The SMILES string of the molecule is CC1CCC(C(C)(C)ON)CC1. The van der Waals surface area contributed by atoms with Crippen molar-refractivity contribution in [1.82, 2.24) is 0 Å². The Balaban J connectivity index is 2.44. The van der Waals surface area contributed by atoms with E-state index in [0.717, 1.165) is 5.92 Å². The van der Waals surface area contributed by atoms with Gasteiger partial charge in [-0.1, -0.05) is 19.8 Å². The van der Waals surface area contributed by atoms with Crippen LogP contribution < -0.4 is 5.90 Å². The molecule has 0 amide bonds.